The maximum atomic E-state index is 12.8. The van der Waals surface area contributed by atoms with Crippen LogP contribution in [0.4, 0.5) is 0 Å². The average molecular weight is 400 g/mol. The number of Topliss-reactive ketones (excluding diaryl/α,β-unsaturated/α-hetero) is 1. The van der Waals surface area contributed by atoms with Gasteiger partial charge in [-0.3, -0.25) is 4.79 Å². The van der Waals surface area contributed by atoms with Gasteiger partial charge in [-0.2, -0.15) is 0 Å². The van der Waals surface area contributed by atoms with Crippen LogP contribution in [0.1, 0.15) is 38.2 Å². The molecule has 0 radical (unpaired) electrons. The summed E-state index contributed by atoms with van der Waals surface area (Å²) in [6.07, 6.45) is 1.74. The van der Waals surface area contributed by atoms with Crippen molar-refractivity contribution in [2.24, 2.45) is 0 Å². The number of carbonyl (C=O) groups excluding carboxylic acids is 1. The van der Waals surface area contributed by atoms with E-state index in [4.69, 9.17) is 14.2 Å². The fourth-order valence-electron chi connectivity index (χ4n) is 3.52. The summed E-state index contributed by atoms with van der Waals surface area (Å²) in [5.41, 5.74) is 5.75. The quantitative estimate of drug-likeness (QED) is 0.507. The van der Waals surface area contributed by atoms with Gasteiger partial charge in [0.25, 0.3) is 0 Å². The Morgan fingerprint density at radius 1 is 1.00 bits per heavy atom. The highest BCUT2D eigenvalue weighted by Gasteiger charge is 2.30. The number of methoxy groups -OCH3 is 1. The molecule has 0 bridgehead atoms. The summed E-state index contributed by atoms with van der Waals surface area (Å²) in [5.74, 6) is 2.17. The largest absolute Gasteiger partial charge is 0.497 e. The minimum absolute atomic E-state index is 0.128. The van der Waals surface area contributed by atoms with Crippen molar-refractivity contribution in [2.45, 2.75) is 27.4 Å². The van der Waals surface area contributed by atoms with Gasteiger partial charge in [0.2, 0.25) is 5.78 Å². The van der Waals surface area contributed by atoms with Crippen molar-refractivity contribution in [3.8, 4) is 17.2 Å². The standard InChI is InChI=1S/C26H24O4/c1-16-8-9-17(2)20(12-16)15-29-23-11-10-22-25(27)24(30-26(22)18(23)3)14-19-6-5-7-21(13-19)28-4/h5-14H,15H2,1-4H3/b24-14-. The second-order valence-electron chi connectivity index (χ2n) is 7.50. The van der Waals surface area contributed by atoms with E-state index in [1.807, 2.05) is 37.3 Å². The summed E-state index contributed by atoms with van der Waals surface area (Å²) < 4.78 is 17.3. The first-order valence-electron chi connectivity index (χ1n) is 9.87. The Morgan fingerprint density at radius 3 is 2.63 bits per heavy atom. The van der Waals surface area contributed by atoms with Gasteiger partial charge in [0, 0.05) is 5.56 Å². The lowest BCUT2D eigenvalue weighted by Crippen LogP contribution is -2.00. The molecule has 0 atom stereocenters. The lowest BCUT2D eigenvalue weighted by Gasteiger charge is -2.13. The summed E-state index contributed by atoms with van der Waals surface area (Å²) >= 11 is 0. The summed E-state index contributed by atoms with van der Waals surface area (Å²) in [4.78, 5) is 12.8. The van der Waals surface area contributed by atoms with Crippen LogP contribution in [-0.4, -0.2) is 12.9 Å². The molecule has 3 aromatic carbocycles. The zero-order valence-corrected chi connectivity index (χ0v) is 17.6. The normalized spacial score (nSPS) is 13.9. The van der Waals surface area contributed by atoms with Gasteiger partial charge in [0.05, 0.1) is 12.7 Å². The minimum Gasteiger partial charge on any atom is -0.497 e. The molecule has 1 heterocycles. The Labute approximate surface area is 176 Å². The molecule has 4 heteroatoms. The van der Waals surface area contributed by atoms with Crippen molar-refractivity contribution in [3.05, 3.63) is 93.7 Å². The molecule has 30 heavy (non-hydrogen) atoms. The molecule has 1 aliphatic heterocycles. The van der Waals surface area contributed by atoms with E-state index in [1.54, 1.807) is 19.3 Å². The molecule has 3 aromatic rings. The van der Waals surface area contributed by atoms with Crippen molar-refractivity contribution in [2.75, 3.05) is 7.11 Å². The molecule has 0 N–H and O–H groups in total. The third-order valence-electron chi connectivity index (χ3n) is 5.32. The smallest absolute Gasteiger partial charge is 0.231 e. The molecule has 0 saturated heterocycles. The third-order valence-corrected chi connectivity index (χ3v) is 5.32. The number of aryl methyl sites for hydroxylation is 2. The van der Waals surface area contributed by atoms with Crippen molar-refractivity contribution in [1.29, 1.82) is 0 Å². The molecule has 0 saturated carbocycles. The number of fused-ring (bicyclic) bond motifs is 1. The zero-order chi connectivity index (χ0) is 21.3. The van der Waals surface area contributed by atoms with E-state index < -0.39 is 0 Å². The fourth-order valence-corrected chi connectivity index (χ4v) is 3.52. The van der Waals surface area contributed by atoms with Crippen LogP contribution in [0.3, 0.4) is 0 Å². The second kappa shape index (κ2) is 8.07. The van der Waals surface area contributed by atoms with Crippen LogP contribution in [0.5, 0.6) is 17.2 Å². The van der Waals surface area contributed by atoms with Crippen LogP contribution in [-0.2, 0) is 6.61 Å². The number of ether oxygens (including phenoxy) is 3. The highest BCUT2D eigenvalue weighted by atomic mass is 16.5. The molecule has 0 fully saturated rings. The molecular weight excluding hydrogens is 376 g/mol. The van der Waals surface area contributed by atoms with Crippen LogP contribution >= 0.6 is 0 Å². The number of ketones is 1. The summed E-state index contributed by atoms with van der Waals surface area (Å²) in [7, 11) is 1.61. The molecule has 0 aromatic heterocycles. The first-order valence-corrected chi connectivity index (χ1v) is 9.87. The predicted octanol–water partition coefficient (Wildman–Crippen LogP) is 5.82. The topological polar surface area (TPSA) is 44.8 Å². The average Bonchev–Trinajstić information content (AvgIpc) is 3.06. The van der Waals surface area contributed by atoms with Gasteiger partial charge in [-0.25, -0.2) is 0 Å². The lowest BCUT2D eigenvalue weighted by molar-refractivity contribution is 0.101. The monoisotopic (exact) mass is 400 g/mol. The Balaban J connectivity index is 1.58. The molecule has 0 unspecified atom stereocenters. The van der Waals surface area contributed by atoms with Crippen molar-refractivity contribution in [1.82, 2.24) is 0 Å². The summed E-state index contributed by atoms with van der Waals surface area (Å²) in [5, 5.41) is 0. The van der Waals surface area contributed by atoms with Gasteiger partial charge in [-0.1, -0.05) is 35.9 Å². The highest BCUT2D eigenvalue weighted by molar-refractivity contribution is 6.15. The van der Waals surface area contributed by atoms with Crippen LogP contribution < -0.4 is 14.2 Å². The van der Waals surface area contributed by atoms with Crippen molar-refractivity contribution >= 4 is 11.9 Å². The van der Waals surface area contributed by atoms with E-state index in [9.17, 15) is 4.79 Å². The SMILES string of the molecule is COc1cccc(/C=C2\Oc3c(ccc(OCc4cc(C)ccc4C)c3C)C2=O)c1. The first kappa shape index (κ1) is 19.8. The zero-order valence-electron chi connectivity index (χ0n) is 17.6. The van der Waals surface area contributed by atoms with E-state index >= 15 is 0 Å². The number of rotatable bonds is 5. The third kappa shape index (κ3) is 3.81. The Bertz CT molecular complexity index is 1160. The minimum atomic E-state index is -0.128. The summed E-state index contributed by atoms with van der Waals surface area (Å²) in [6.45, 7) is 6.52. The Kier molecular flexibility index (Phi) is 5.32. The second-order valence-corrected chi connectivity index (χ2v) is 7.50. The number of hydrogen-bond donors (Lipinski definition) is 0. The van der Waals surface area contributed by atoms with E-state index in [-0.39, 0.29) is 5.78 Å². The molecule has 152 valence electrons. The Morgan fingerprint density at radius 2 is 1.83 bits per heavy atom. The lowest BCUT2D eigenvalue weighted by atomic mass is 10.0. The van der Waals surface area contributed by atoms with Gasteiger partial charge in [0.1, 0.15) is 23.9 Å². The van der Waals surface area contributed by atoms with E-state index in [2.05, 4.69) is 32.0 Å². The Hall–Kier alpha value is -3.53. The van der Waals surface area contributed by atoms with E-state index in [1.165, 1.54) is 11.1 Å². The first-order chi connectivity index (χ1) is 14.5. The molecular formula is C26H24O4. The number of hydrogen-bond acceptors (Lipinski definition) is 4. The predicted molar refractivity (Wildman–Crippen MR) is 117 cm³/mol. The van der Waals surface area contributed by atoms with Gasteiger partial charge in [-0.15, -0.1) is 0 Å². The van der Waals surface area contributed by atoms with Crippen molar-refractivity contribution < 1.29 is 19.0 Å². The van der Waals surface area contributed by atoms with E-state index in [0.29, 0.717) is 29.4 Å². The maximum absolute atomic E-state index is 12.8. The summed E-state index contributed by atoms with van der Waals surface area (Å²) in [6, 6.07) is 17.4. The van der Waals surface area contributed by atoms with Gasteiger partial charge in [0.15, 0.2) is 5.76 Å². The maximum Gasteiger partial charge on any atom is 0.231 e. The molecule has 0 spiro atoms. The van der Waals surface area contributed by atoms with Crippen molar-refractivity contribution in [3.63, 3.8) is 0 Å². The van der Waals surface area contributed by atoms with E-state index in [0.717, 1.165) is 22.4 Å². The van der Waals surface area contributed by atoms with Crippen LogP contribution in [0.25, 0.3) is 6.08 Å². The van der Waals surface area contributed by atoms with Crippen LogP contribution in [0.2, 0.25) is 0 Å². The number of carbonyl (C=O) groups is 1. The number of benzene rings is 3. The van der Waals surface area contributed by atoms with Gasteiger partial charge < -0.3 is 14.2 Å². The van der Waals surface area contributed by atoms with Gasteiger partial charge >= 0.3 is 0 Å². The van der Waals surface area contributed by atoms with Crippen LogP contribution in [0, 0.1) is 20.8 Å². The molecule has 4 nitrogen and oxygen atoms in total. The fraction of sp³-hybridized carbons (Fsp3) is 0.192. The highest BCUT2D eigenvalue weighted by Crippen LogP contribution is 2.39. The molecule has 1 aliphatic rings. The van der Waals surface area contributed by atoms with Crippen LogP contribution in [0.15, 0.2) is 60.4 Å². The molecule has 4 rings (SSSR count). The number of allylic oxidation sites excluding steroid dienone is 1. The molecule has 0 amide bonds. The van der Waals surface area contributed by atoms with Gasteiger partial charge in [-0.05, 0) is 67.8 Å². The molecule has 0 aliphatic carbocycles.